The van der Waals surface area contributed by atoms with Crippen LogP contribution in [0.25, 0.3) is 0 Å². The van der Waals surface area contributed by atoms with E-state index in [0.717, 1.165) is 47.9 Å². The first-order valence-electron chi connectivity index (χ1n) is 15.4. The van der Waals surface area contributed by atoms with Crippen LogP contribution in [0.15, 0.2) is 97.1 Å². The Morgan fingerprint density at radius 3 is 1.30 bits per heavy atom. The van der Waals surface area contributed by atoms with Crippen molar-refractivity contribution in [2.45, 2.75) is 76.2 Å². The topological polar surface area (TPSA) is 71.1 Å². The zero-order chi connectivity index (χ0) is 30.3. The van der Waals surface area contributed by atoms with Gasteiger partial charge in [-0.3, -0.25) is 9.59 Å². The number of carbonyl (C=O) groups excluding carboxylic acids is 2. The molecule has 0 aromatic heterocycles. The van der Waals surface area contributed by atoms with Crippen LogP contribution in [0.5, 0.6) is 0 Å². The molecule has 44 heavy (non-hydrogen) atoms. The molecule has 224 valence electrons. The fourth-order valence-corrected chi connectivity index (χ4v) is 6.56. The first kappa shape index (κ1) is 28.5. The predicted molar refractivity (Wildman–Crippen MR) is 165 cm³/mol. The Labute approximate surface area is 257 Å². The van der Waals surface area contributed by atoms with E-state index in [1.165, 1.54) is 29.2 Å². The van der Waals surface area contributed by atoms with Crippen molar-refractivity contribution in [1.82, 2.24) is 0 Å². The molecular weight excluding hydrogens is 552 g/mol. The normalized spacial score (nSPS) is 25.3. The van der Waals surface area contributed by atoms with Gasteiger partial charge >= 0.3 is 11.9 Å². The Hall–Kier alpha value is -4.26. The molecule has 6 nitrogen and oxygen atoms in total. The van der Waals surface area contributed by atoms with Gasteiger partial charge in [0.15, 0.2) is 18.0 Å². The molecule has 1 unspecified atom stereocenters. The van der Waals surface area contributed by atoms with Gasteiger partial charge in [-0.15, -0.1) is 0 Å². The highest BCUT2D eigenvalue weighted by Gasteiger charge is 2.48. The molecule has 4 aromatic carbocycles. The Morgan fingerprint density at radius 2 is 0.932 bits per heavy atom. The van der Waals surface area contributed by atoms with Gasteiger partial charge in [0.2, 0.25) is 0 Å². The van der Waals surface area contributed by atoms with Crippen LogP contribution in [0, 0.1) is 0 Å². The SMILES string of the molecule is CC(=O)O[C@@H]1c2ccc(cc2)CCc2ccc(cc2)[C@H]1OC(=O)CC1(C)O[C@@H]2c3ccc(cc3)CCc3ccc(cc3)[C@@H]2O1. The quantitative estimate of drug-likeness (QED) is 0.231. The third kappa shape index (κ3) is 5.92. The zero-order valence-electron chi connectivity index (χ0n) is 25.0. The van der Waals surface area contributed by atoms with Crippen LogP contribution in [0.3, 0.4) is 0 Å². The van der Waals surface area contributed by atoms with Crippen LogP contribution in [0.2, 0.25) is 0 Å². The molecule has 1 heterocycles. The number of aryl methyl sites for hydroxylation is 4. The molecule has 0 saturated carbocycles. The van der Waals surface area contributed by atoms with Gasteiger partial charge in [-0.05, 0) is 77.1 Å². The maximum absolute atomic E-state index is 13.8. The van der Waals surface area contributed by atoms with E-state index in [1.807, 2.05) is 48.5 Å². The third-order valence-corrected chi connectivity index (χ3v) is 8.96. The number of carbonyl (C=O) groups is 2. The van der Waals surface area contributed by atoms with E-state index < -0.39 is 42.1 Å². The maximum atomic E-state index is 13.8. The van der Waals surface area contributed by atoms with Crippen LogP contribution in [-0.4, -0.2) is 17.7 Å². The lowest BCUT2D eigenvalue weighted by Crippen LogP contribution is -2.32. The van der Waals surface area contributed by atoms with Gasteiger partial charge in [-0.1, -0.05) is 97.1 Å². The summed E-state index contributed by atoms with van der Waals surface area (Å²) in [6.45, 7) is 3.16. The number of esters is 2. The molecule has 0 N–H and O–H groups in total. The molecule has 4 aromatic rings. The highest BCUT2D eigenvalue weighted by molar-refractivity contribution is 5.71. The summed E-state index contributed by atoms with van der Waals surface area (Å²) in [5.41, 5.74) is 8.41. The summed E-state index contributed by atoms with van der Waals surface area (Å²) >= 11 is 0. The van der Waals surface area contributed by atoms with Crippen molar-refractivity contribution in [1.29, 1.82) is 0 Å². The standard InChI is InChI=1S/C38H36O6/c1-24(39)41-34-29-15-7-25(8-16-29)3-4-26-9-17-30(18-10-26)35(34)42-33(40)23-38(2)43-36-31-19-11-27(12-20-31)5-6-28-13-21-32(22-14-28)37(36)44-38/h7-22,34-37H,3-6,23H2,1-2H3/t34-,35-,36-,37+,38?/m1/s1. The molecule has 1 saturated heterocycles. The smallest absolute Gasteiger partial charge is 0.312 e. The zero-order valence-corrected chi connectivity index (χ0v) is 25.0. The molecule has 0 amide bonds. The molecule has 6 heteroatoms. The minimum absolute atomic E-state index is 0.142. The van der Waals surface area contributed by atoms with Crippen molar-refractivity contribution in [2.24, 2.45) is 0 Å². The molecule has 13 rings (SSSR count). The summed E-state index contributed by atoms with van der Waals surface area (Å²) in [7, 11) is 0. The third-order valence-electron chi connectivity index (χ3n) is 8.96. The van der Waals surface area contributed by atoms with Gasteiger partial charge in [0.25, 0.3) is 0 Å². The summed E-state index contributed by atoms with van der Waals surface area (Å²) in [4.78, 5) is 26.1. The minimum Gasteiger partial charge on any atom is -0.453 e. The van der Waals surface area contributed by atoms with Gasteiger partial charge in [0.05, 0.1) is 6.42 Å². The molecule has 0 spiro atoms. The average molecular weight is 589 g/mol. The second kappa shape index (κ2) is 11.7. The second-order valence-corrected chi connectivity index (χ2v) is 12.3. The monoisotopic (exact) mass is 588 g/mol. The van der Waals surface area contributed by atoms with Crippen molar-refractivity contribution < 1.29 is 28.5 Å². The van der Waals surface area contributed by atoms with E-state index in [1.54, 1.807) is 6.92 Å². The van der Waals surface area contributed by atoms with Gasteiger partial charge < -0.3 is 18.9 Å². The van der Waals surface area contributed by atoms with Crippen molar-refractivity contribution in [3.63, 3.8) is 0 Å². The van der Waals surface area contributed by atoms with E-state index in [4.69, 9.17) is 18.9 Å². The molecule has 0 radical (unpaired) electrons. The summed E-state index contributed by atoms with van der Waals surface area (Å²) in [6, 6.07) is 32.9. The Morgan fingerprint density at radius 1 is 0.591 bits per heavy atom. The summed E-state index contributed by atoms with van der Waals surface area (Å²) < 4.78 is 25.2. The van der Waals surface area contributed by atoms with E-state index >= 15 is 0 Å². The number of hydrogen-bond donors (Lipinski definition) is 0. The highest BCUT2D eigenvalue weighted by atomic mass is 16.8. The van der Waals surface area contributed by atoms with Crippen molar-refractivity contribution in [3.8, 4) is 0 Å². The molecule has 1 aliphatic heterocycles. The number of rotatable bonds is 4. The fourth-order valence-electron chi connectivity index (χ4n) is 6.56. The number of ether oxygens (including phenoxy) is 4. The van der Waals surface area contributed by atoms with Gasteiger partial charge in [0.1, 0.15) is 12.2 Å². The first-order valence-corrected chi connectivity index (χ1v) is 15.4. The van der Waals surface area contributed by atoms with Crippen molar-refractivity contribution in [2.75, 3.05) is 0 Å². The van der Waals surface area contributed by atoms with Crippen molar-refractivity contribution >= 4 is 11.9 Å². The van der Waals surface area contributed by atoms with Gasteiger partial charge in [0, 0.05) is 6.92 Å². The largest absolute Gasteiger partial charge is 0.453 e. The Balaban J connectivity index is 1.18. The molecule has 9 aliphatic rings. The lowest BCUT2D eigenvalue weighted by atomic mass is 9.93. The minimum atomic E-state index is -1.24. The summed E-state index contributed by atoms with van der Waals surface area (Å²) in [6.07, 6.45) is 1.14. The second-order valence-electron chi connectivity index (χ2n) is 12.3. The van der Waals surface area contributed by atoms with E-state index in [2.05, 4.69) is 48.5 Å². The first-order chi connectivity index (χ1) is 21.3. The maximum Gasteiger partial charge on any atom is 0.312 e. The fraction of sp³-hybridized carbons (Fsp3) is 0.316. The molecule has 5 atom stereocenters. The highest BCUT2D eigenvalue weighted by Crippen LogP contribution is 2.49. The van der Waals surface area contributed by atoms with E-state index in [0.29, 0.717) is 0 Å². The number of hydrogen-bond acceptors (Lipinski definition) is 6. The number of benzene rings is 4. The Bertz CT molecular complexity index is 1580. The van der Waals surface area contributed by atoms with Crippen LogP contribution in [0.4, 0.5) is 0 Å². The molecule has 1 fully saturated rings. The van der Waals surface area contributed by atoms with E-state index in [-0.39, 0.29) is 6.42 Å². The van der Waals surface area contributed by atoms with Gasteiger partial charge in [-0.25, -0.2) is 0 Å². The summed E-state index contributed by atoms with van der Waals surface area (Å²) in [5, 5.41) is 0. The molecule has 8 aliphatic carbocycles. The lowest BCUT2D eigenvalue weighted by Gasteiger charge is -2.29. The van der Waals surface area contributed by atoms with E-state index in [9.17, 15) is 9.59 Å². The van der Waals surface area contributed by atoms with Crippen molar-refractivity contribution in [3.05, 3.63) is 142 Å². The Kier molecular flexibility index (Phi) is 7.57. The van der Waals surface area contributed by atoms with Crippen LogP contribution < -0.4 is 0 Å². The molecule has 8 bridgehead atoms. The summed E-state index contributed by atoms with van der Waals surface area (Å²) in [5.74, 6) is -2.20. The van der Waals surface area contributed by atoms with Crippen LogP contribution in [0.1, 0.15) is 89.2 Å². The average Bonchev–Trinajstić information content (AvgIpc) is 3.37. The molecular formula is C38H36O6. The van der Waals surface area contributed by atoms with Crippen LogP contribution >= 0.6 is 0 Å². The lowest BCUT2D eigenvalue weighted by molar-refractivity contribution is -0.194. The van der Waals surface area contributed by atoms with Crippen LogP contribution in [-0.2, 0) is 54.2 Å². The van der Waals surface area contributed by atoms with Gasteiger partial charge in [-0.2, -0.15) is 0 Å². The predicted octanol–water partition coefficient (Wildman–Crippen LogP) is 7.41.